The Kier molecular flexibility index (Phi) is 4.76. The van der Waals surface area contributed by atoms with Crippen LogP contribution in [0.2, 0.25) is 0 Å². The van der Waals surface area contributed by atoms with Crippen molar-refractivity contribution in [1.29, 1.82) is 0 Å². The monoisotopic (exact) mass is 411 g/mol. The molecule has 6 nitrogen and oxygen atoms in total. The molecule has 2 aromatic carbocycles. The number of nitrogens with one attached hydrogen (secondary N) is 1. The van der Waals surface area contributed by atoms with E-state index in [4.69, 9.17) is 20.2 Å². The van der Waals surface area contributed by atoms with Gasteiger partial charge in [0.05, 0.1) is 12.1 Å². The molecular weight excluding hydrogens is 391 g/mol. The highest BCUT2D eigenvalue weighted by molar-refractivity contribution is 7.81. The van der Waals surface area contributed by atoms with E-state index in [0.717, 1.165) is 6.07 Å². The smallest absolute Gasteiger partial charge is 0.259 e. The zero-order chi connectivity index (χ0) is 22.2. The van der Waals surface area contributed by atoms with Gasteiger partial charge >= 0.3 is 0 Å². The summed E-state index contributed by atoms with van der Waals surface area (Å²) >= 11 is 5.57. The summed E-state index contributed by atoms with van der Waals surface area (Å²) in [6.45, 7) is 12.3. The van der Waals surface area contributed by atoms with E-state index in [1.807, 2.05) is 0 Å². The van der Waals surface area contributed by atoms with Crippen LogP contribution in [-0.2, 0) is 4.79 Å². The summed E-state index contributed by atoms with van der Waals surface area (Å²) < 4.78 is 21.6. The maximum absolute atomic E-state index is 14.6. The molecule has 3 rings (SSSR count). The molecule has 0 atom stereocenters. The number of thiocarbonyl (C=S) groups is 1. The van der Waals surface area contributed by atoms with Gasteiger partial charge in [0.25, 0.3) is 11.8 Å². The molecule has 8 heteroatoms. The van der Waals surface area contributed by atoms with E-state index in [1.54, 1.807) is 39.0 Å². The highest BCUT2D eigenvalue weighted by atomic mass is 32.1. The largest absolute Gasteiger partial charge is 0.355 e. The van der Waals surface area contributed by atoms with Gasteiger partial charge in [-0.05, 0) is 68.9 Å². The molecule has 1 N–H and O–H groups in total. The van der Waals surface area contributed by atoms with Crippen LogP contribution in [0.3, 0.4) is 0 Å². The van der Waals surface area contributed by atoms with E-state index in [2.05, 4.69) is 10.2 Å². The quantitative estimate of drug-likeness (QED) is 0.614. The predicted octanol–water partition coefficient (Wildman–Crippen LogP) is 3.96. The molecule has 29 heavy (non-hydrogen) atoms. The molecule has 148 valence electrons. The zero-order valence-corrected chi connectivity index (χ0v) is 16.9. The number of aryl methyl sites for hydroxylation is 1. The molecule has 1 fully saturated rings. The average molecular weight is 411 g/mol. The van der Waals surface area contributed by atoms with Gasteiger partial charge in [-0.3, -0.25) is 14.5 Å². The number of benzene rings is 2. The van der Waals surface area contributed by atoms with Crippen molar-refractivity contribution in [2.24, 2.45) is 0 Å². The molecule has 1 heterocycles. The molecule has 0 bridgehead atoms. The van der Waals surface area contributed by atoms with Crippen molar-refractivity contribution >= 4 is 46.2 Å². The van der Waals surface area contributed by atoms with Crippen LogP contribution in [0.1, 0.15) is 31.1 Å². The Morgan fingerprint density at radius 1 is 1.28 bits per heavy atom. The van der Waals surface area contributed by atoms with Crippen LogP contribution in [0.4, 0.5) is 21.5 Å². The van der Waals surface area contributed by atoms with Gasteiger partial charge in [0.1, 0.15) is 11.4 Å². The first-order valence-electron chi connectivity index (χ1n) is 9.38. The average Bonchev–Trinajstić information content (AvgIpc) is 2.86. The van der Waals surface area contributed by atoms with E-state index < -0.39 is 17.3 Å². The van der Waals surface area contributed by atoms with Crippen molar-refractivity contribution in [3.63, 3.8) is 0 Å². The van der Waals surface area contributed by atoms with Crippen LogP contribution >= 0.6 is 12.2 Å². The number of rotatable bonds is 3. The van der Waals surface area contributed by atoms with Crippen molar-refractivity contribution in [2.75, 3.05) is 16.8 Å². The first-order valence-corrected chi connectivity index (χ1v) is 9.08. The summed E-state index contributed by atoms with van der Waals surface area (Å²) in [5, 5.41) is 2.40. The Labute approximate surface area is 175 Å². The lowest BCUT2D eigenvalue weighted by atomic mass is 10.0. The molecule has 0 unspecified atom stereocenters. The third-order valence-electron chi connectivity index (χ3n) is 4.84. The van der Waals surface area contributed by atoms with E-state index in [0.29, 0.717) is 22.6 Å². The number of carbonyl (C=O) groups is 2. The van der Waals surface area contributed by atoms with Crippen LogP contribution in [0, 0.1) is 19.3 Å². The van der Waals surface area contributed by atoms with Gasteiger partial charge in [-0.1, -0.05) is 6.07 Å². The number of halogens is 1. The van der Waals surface area contributed by atoms with Crippen LogP contribution < -0.4 is 15.1 Å². The Balaban J connectivity index is 2.03. The van der Waals surface area contributed by atoms with Gasteiger partial charge < -0.3 is 10.2 Å². The predicted molar refractivity (Wildman–Crippen MR) is 114 cm³/mol. The number of hydrogen-bond donors (Lipinski definition) is 1. The Hall–Kier alpha value is -3.31. The number of nitrogens with zero attached hydrogens (tertiary/aromatic N) is 3. The minimum absolute atomic E-state index is 0.169. The molecule has 2 amide bonds. The first-order chi connectivity index (χ1) is 14.1. The van der Waals surface area contributed by atoms with Crippen molar-refractivity contribution in [2.45, 2.75) is 26.3 Å². The first kappa shape index (κ1) is 19.0. The second-order valence-corrected chi connectivity index (χ2v) is 7.44. The number of anilines is 2. The SMILES string of the molecule is [2H]CNC(=O)c1ccc(N2C(=S)N(c3ccc([N+]#[C-])c(C)c3)C(=O)C2(C)C)cc1F. The van der Waals surface area contributed by atoms with Crippen LogP contribution in [0.25, 0.3) is 4.85 Å². The molecule has 2 aromatic rings. The van der Waals surface area contributed by atoms with Gasteiger partial charge in [0.2, 0.25) is 0 Å². The number of carbonyl (C=O) groups excluding carboxylic acids is 2. The molecule has 1 saturated heterocycles. The minimum atomic E-state index is -1.10. The summed E-state index contributed by atoms with van der Waals surface area (Å²) in [6, 6.07) is 8.96. The van der Waals surface area contributed by atoms with E-state index in [-0.39, 0.29) is 23.6 Å². The lowest BCUT2D eigenvalue weighted by Gasteiger charge is -2.29. The highest BCUT2D eigenvalue weighted by Gasteiger charge is 2.50. The maximum atomic E-state index is 14.6. The zero-order valence-electron chi connectivity index (χ0n) is 17.1. The lowest BCUT2D eigenvalue weighted by Crippen LogP contribution is -2.44. The Morgan fingerprint density at radius 3 is 2.55 bits per heavy atom. The van der Waals surface area contributed by atoms with Crippen molar-refractivity contribution < 1.29 is 15.4 Å². The second-order valence-electron chi connectivity index (χ2n) is 7.07. The number of hydrogen-bond acceptors (Lipinski definition) is 3. The standard InChI is InChI=1S/C21H19FN4O2S/c1-12-10-13(7-9-17(12)23-4)25-19(28)21(2,3)26(20(25)29)14-6-8-15(16(22)11-14)18(27)24-5/h6-11H,1-3,5H3,(H,24,27)/i5D. The fourth-order valence-electron chi connectivity index (χ4n) is 3.28. The Bertz CT molecular complexity index is 1110. The maximum Gasteiger partial charge on any atom is 0.259 e. The summed E-state index contributed by atoms with van der Waals surface area (Å²) in [5.74, 6) is -1.76. The molecule has 0 saturated carbocycles. The summed E-state index contributed by atoms with van der Waals surface area (Å²) in [6.07, 6.45) is 0. The Morgan fingerprint density at radius 2 is 1.97 bits per heavy atom. The molecule has 1 aliphatic rings. The fraction of sp³-hybridized carbons (Fsp3) is 0.238. The topological polar surface area (TPSA) is 57.0 Å². The van der Waals surface area contributed by atoms with Crippen LogP contribution in [0.5, 0.6) is 0 Å². The molecule has 0 aliphatic carbocycles. The molecular formula is C21H19FN4O2S. The summed E-state index contributed by atoms with van der Waals surface area (Å²) in [7, 11) is -0.363. The summed E-state index contributed by atoms with van der Waals surface area (Å²) in [4.78, 5) is 31.4. The second kappa shape index (κ2) is 7.26. The third kappa shape index (κ3) is 3.23. The molecule has 0 radical (unpaired) electrons. The molecule has 1 aliphatic heterocycles. The van der Waals surface area contributed by atoms with Gasteiger partial charge in [0, 0.05) is 19.8 Å². The lowest BCUT2D eigenvalue weighted by molar-refractivity contribution is -0.120. The van der Waals surface area contributed by atoms with E-state index in [1.165, 1.54) is 21.9 Å². The minimum Gasteiger partial charge on any atom is -0.355 e. The van der Waals surface area contributed by atoms with Crippen molar-refractivity contribution in [1.82, 2.24) is 5.32 Å². The third-order valence-corrected chi connectivity index (χ3v) is 5.21. The van der Waals surface area contributed by atoms with Crippen molar-refractivity contribution in [3.8, 4) is 0 Å². The molecule has 0 aromatic heterocycles. The van der Waals surface area contributed by atoms with E-state index in [9.17, 15) is 14.0 Å². The van der Waals surface area contributed by atoms with Gasteiger partial charge in [-0.15, -0.1) is 0 Å². The van der Waals surface area contributed by atoms with Crippen LogP contribution in [-0.4, -0.2) is 29.5 Å². The van der Waals surface area contributed by atoms with E-state index >= 15 is 0 Å². The fourth-order valence-corrected chi connectivity index (χ4v) is 3.80. The summed E-state index contributed by atoms with van der Waals surface area (Å²) in [5.41, 5.74) is 0.761. The van der Waals surface area contributed by atoms with Crippen molar-refractivity contribution in [3.05, 3.63) is 64.8 Å². The molecule has 0 spiro atoms. The van der Waals surface area contributed by atoms with Gasteiger partial charge in [-0.2, -0.15) is 0 Å². The van der Waals surface area contributed by atoms with Gasteiger partial charge in [-0.25, -0.2) is 9.24 Å². The highest BCUT2D eigenvalue weighted by Crippen LogP contribution is 2.37. The van der Waals surface area contributed by atoms with Gasteiger partial charge in [0.15, 0.2) is 10.8 Å². The van der Waals surface area contributed by atoms with Crippen LogP contribution in [0.15, 0.2) is 36.4 Å². The normalized spacial score (nSPS) is 15.9. The number of amides is 2.